The zero-order valence-corrected chi connectivity index (χ0v) is 10.8. The summed E-state index contributed by atoms with van der Waals surface area (Å²) in [7, 11) is 1.23. The molecule has 0 aromatic heterocycles. The van der Waals surface area contributed by atoms with Crippen LogP contribution in [0.3, 0.4) is 0 Å². The van der Waals surface area contributed by atoms with E-state index in [4.69, 9.17) is 10.5 Å². The van der Waals surface area contributed by atoms with Gasteiger partial charge in [0, 0.05) is 13.0 Å². The molecule has 1 rings (SSSR count). The number of hydrogen-bond acceptors (Lipinski definition) is 5. The lowest BCUT2D eigenvalue weighted by Gasteiger charge is -2.14. The monoisotopic (exact) mass is 266 g/mol. The third-order valence-corrected chi connectivity index (χ3v) is 2.48. The van der Waals surface area contributed by atoms with Gasteiger partial charge >= 0.3 is 12.1 Å². The topological polar surface area (TPSA) is 90.6 Å². The smallest absolute Gasteiger partial charge is 0.407 e. The van der Waals surface area contributed by atoms with E-state index in [1.54, 1.807) is 0 Å². The molecule has 1 atom stereocenters. The number of carbonyl (C=O) groups excluding carboxylic acids is 2. The molecular formula is C13H18N2O4. The van der Waals surface area contributed by atoms with Crippen molar-refractivity contribution in [1.29, 1.82) is 0 Å². The van der Waals surface area contributed by atoms with Crippen molar-refractivity contribution in [1.82, 2.24) is 5.32 Å². The molecule has 0 aliphatic carbocycles. The summed E-state index contributed by atoms with van der Waals surface area (Å²) in [6, 6.07) is 8.75. The van der Waals surface area contributed by atoms with Crippen molar-refractivity contribution >= 4 is 12.1 Å². The Labute approximate surface area is 111 Å². The van der Waals surface area contributed by atoms with Crippen molar-refractivity contribution in [3.05, 3.63) is 35.9 Å². The fourth-order valence-electron chi connectivity index (χ4n) is 1.45. The number of nitrogens with two attached hydrogens (primary N) is 1. The summed E-state index contributed by atoms with van der Waals surface area (Å²) >= 11 is 0. The van der Waals surface area contributed by atoms with E-state index in [0.29, 0.717) is 6.42 Å². The zero-order chi connectivity index (χ0) is 14.1. The number of ether oxygens (including phenoxy) is 2. The number of alkyl carbamates (subject to hydrolysis) is 1. The summed E-state index contributed by atoms with van der Waals surface area (Å²) in [6.45, 7) is 0.189. The van der Waals surface area contributed by atoms with Gasteiger partial charge in [-0.2, -0.15) is 0 Å². The molecule has 0 aliphatic rings. The largest absolute Gasteiger partial charge is 0.467 e. The molecule has 0 fully saturated rings. The fraction of sp³-hybridized carbons (Fsp3) is 0.385. The predicted octanol–water partition coefficient (Wildman–Crippen LogP) is 0.456. The minimum atomic E-state index is -0.880. The second kappa shape index (κ2) is 8.10. The van der Waals surface area contributed by atoms with Crippen LogP contribution in [0.5, 0.6) is 0 Å². The summed E-state index contributed by atoms with van der Waals surface area (Å²) in [5.41, 5.74) is 6.41. The van der Waals surface area contributed by atoms with Crippen LogP contribution in [0.15, 0.2) is 30.3 Å². The number of hydrogen-bond donors (Lipinski definition) is 2. The Kier molecular flexibility index (Phi) is 6.38. The molecule has 0 radical (unpaired) electrons. The van der Waals surface area contributed by atoms with Gasteiger partial charge < -0.3 is 20.5 Å². The van der Waals surface area contributed by atoms with E-state index in [9.17, 15) is 9.59 Å². The Hall–Kier alpha value is -2.08. The van der Waals surface area contributed by atoms with Crippen LogP contribution in [-0.2, 0) is 20.7 Å². The normalized spacial score (nSPS) is 11.5. The Morgan fingerprint density at radius 3 is 2.58 bits per heavy atom. The van der Waals surface area contributed by atoms with E-state index in [2.05, 4.69) is 10.1 Å². The molecule has 1 aromatic rings. The number of esters is 1. The van der Waals surface area contributed by atoms with Gasteiger partial charge in [-0.25, -0.2) is 9.59 Å². The standard InChI is InChI=1S/C13H18N2O4/c1-18-12(16)11(9-14)15-13(17)19-8-7-10-5-3-2-4-6-10/h2-6,11H,7-9,14H2,1H3,(H,15,17)/t11-/m0/s1. The highest BCUT2D eigenvalue weighted by molar-refractivity contribution is 5.81. The third-order valence-electron chi connectivity index (χ3n) is 2.48. The summed E-state index contributed by atoms with van der Waals surface area (Å²) in [6.07, 6.45) is -0.0726. The average molecular weight is 266 g/mol. The molecule has 1 amide bonds. The molecule has 0 spiro atoms. The molecule has 0 saturated heterocycles. The van der Waals surface area contributed by atoms with Gasteiger partial charge in [-0.3, -0.25) is 0 Å². The van der Waals surface area contributed by atoms with E-state index in [1.807, 2.05) is 30.3 Å². The summed E-state index contributed by atoms with van der Waals surface area (Å²) in [4.78, 5) is 22.6. The molecule has 3 N–H and O–H groups in total. The van der Waals surface area contributed by atoms with Gasteiger partial charge in [-0.1, -0.05) is 30.3 Å². The molecule has 0 aliphatic heterocycles. The molecule has 0 saturated carbocycles. The predicted molar refractivity (Wildman–Crippen MR) is 69.5 cm³/mol. The number of benzene rings is 1. The number of amides is 1. The summed E-state index contributed by atoms with van der Waals surface area (Å²) in [5, 5.41) is 2.34. The SMILES string of the molecule is COC(=O)[C@H](CN)NC(=O)OCCc1ccccc1. The Balaban J connectivity index is 2.29. The first kappa shape index (κ1) is 15.0. The number of rotatable bonds is 6. The quantitative estimate of drug-likeness (QED) is 0.730. The maximum atomic E-state index is 11.4. The minimum absolute atomic E-state index is 0.0412. The van der Waals surface area contributed by atoms with Crippen LogP contribution >= 0.6 is 0 Å². The zero-order valence-electron chi connectivity index (χ0n) is 10.8. The van der Waals surface area contributed by atoms with Crippen LogP contribution in [-0.4, -0.2) is 38.4 Å². The first-order chi connectivity index (χ1) is 9.17. The molecule has 19 heavy (non-hydrogen) atoms. The maximum absolute atomic E-state index is 11.4. The van der Waals surface area contributed by atoms with Crippen LogP contribution in [0.2, 0.25) is 0 Å². The number of methoxy groups -OCH3 is 1. The van der Waals surface area contributed by atoms with Gasteiger partial charge in [-0.05, 0) is 5.56 Å². The van der Waals surface area contributed by atoms with E-state index in [1.165, 1.54) is 7.11 Å². The lowest BCUT2D eigenvalue weighted by molar-refractivity contribution is -0.142. The highest BCUT2D eigenvalue weighted by Gasteiger charge is 2.20. The number of nitrogens with one attached hydrogen (secondary N) is 1. The molecule has 1 aromatic carbocycles. The molecule has 0 unspecified atom stereocenters. The van der Waals surface area contributed by atoms with Gasteiger partial charge in [0.1, 0.15) is 6.04 Å². The van der Waals surface area contributed by atoms with Gasteiger partial charge in [-0.15, -0.1) is 0 Å². The van der Waals surface area contributed by atoms with Crippen LogP contribution < -0.4 is 11.1 Å². The first-order valence-corrected chi connectivity index (χ1v) is 5.92. The molecule has 0 heterocycles. The van der Waals surface area contributed by atoms with Crippen LogP contribution in [0.25, 0.3) is 0 Å². The fourth-order valence-corrected chi connectivity index (χ4v) is 1.45. The third kappa shape index (κ3) is 5.39. The van der Waals surface area contributed by atoms with Crippen LogP contribution in [0.4, 0.5) is 4.79 Å². The second-order valence-corrected chi connectivity index (χ2v) is 3.83. The number of carbonyl (C=O) groups is 2. The highest BCUT2D eigenvalue weighted by atomic mass is 16.6. The van der Waals surface area contributed by atoms with Crippen LogP contribution in [0.1, 0.15) is 5.56 Å². The van der Waals surface area contributed by atoms with E-state index in [-0.39, 0.29) is 13.2 Å². The van der Waals surface area contributed by atoms with Crippen molar-refractivity contribution in [3.8, 4) is 0 Å². The van der Waals surface area contributed by atoms with Crippen LogP contribution in [0, 0.1) is 0 Å². The molecule has 6 heteroatoms. The lowest BCUT2D eigenvalue weighted by Crippen LogP contribution is -2.46. The molecule has 0 bridgehead atoms. The van der Waals surface area contributed by atoms with Gasteiger partial charge in [0.2, 0.25) is 0 Å². The highest BCUT2D eigenvalue weighted by Crippen LogP contribution is 1.99. The van der Waals surface area contributed by atoms with Crippen molar-refractivity contribution in [2.24, 2.45) is 5.73 Å². The second-order valence-electron chi connectivity index (χ2n) is 3.83. The Morgan fingerprint density at radius 1 is 1.32 bits per heavy atom. The molecule has 104 valence electrons. The average Bonchev–Trinajstić information content (AvgIpc) is 2.45. The van der Waals surface area contributed by atoms with E-state index < -0.39 is 18.1 Å². The maximum Gasteiger partial charge on any atom is 0.407 e. The minimum Gasteiger partial charge on any atom is -0.467 e. The van der Waals surface area contributed by atoms with E-state index >= 15 is 0 Å². The van der Waals surface area contributed by atoms with Gasteiger partial charge in [0.15, 0.2) is 0 Å². The van der Waals surface area contributed by atoms with Crippen molar-refractivity contribution in [2.45, 2.75) is 12.5 Å². The van der Waals surface area contributed by atoms with Gasteiger partial charge in [0.25, 0.3) is 0 Å². The molecule has 6 nitrogen and oxygen atoms in total. The summed E-state index contributed by atoms with van der Waals surface area (Å²) in [5.74, 6) is -0.595. The molecular weight excluding hydrogens is 248 g/mol. The lowest BCUT2D eigenvalue weighted by atomic mass is 10.2. The van der Waals surface area contributed by atoms with Crippen molar-refractivity contribution < 1.29 is 19.1 Å². The summed E-state index contributed by atoms with van der Waals surface area (Å²) < 4.78 is 9.45. The van der Waals surface area contributed by atoms with Crippen molar-refractivity contribution in [3.63, 3.8) is 0 Å². The van der Waals surface area contributed by atoms with E-state index in [0.717, 1.165) is 5.56 Å². The van der Waals surface area contributed by atoms with Crippen molar-refractivity contribution in [2.75, 3.05) is 20.3 Å². The van der Waals surface area contributed by atoms with Gasteiger partial charge in [0.05, 0.1) is 13.7 Å². The first-order valence-electron chi connectivity index (χ1n) is 5.92. The Morgan fingerprint density at radius 2 is 2.00 bits per heavy atom. The Bertz CT molecular complexity index is 408.